The summed E-state index contributed by atoms with van der Waals surface area (Å²) in [5.41, 5.74) is 2.52. The van der Waals surface area contributed by atoms with Crippen molar-refractivity contribution < 1.29 is 9.59 Å². The van der Waals surface area contributed by atoms with Gasteiger partial charge in [0, 0.05) is 23.0 Å². The Hall–Kier alpha value is -2.27. The van der Waals surface area contributed by atoms with Crippen LogP contribution in [0.1, 0.15) is 48.5 Å². The number of para-hydroxylation sites is 1. The van der Waals surface area contributed by atoms with Crippen molar-refractivity contribution in [1.29, 1.82) is 0 Å². The van der Waals surface area contributed by atoms with Gasteiger partial charge in [0.15, 0.2) is 0 Å². The molecule has 1 fully saturated rings. The second-order valence-corrected chi connectivity index (χ2v) is 8.43. The highest BCUT2D eigenvalue weighted by Crippen LogP contribution is 2.24. The first-order chi connectivity index (χ1) is 13.6. The van der Waals surface area contributed by atoms with Crippen LogP contribution in [0.15, 0.2) is 54.6 Å². The minimum atomic E-state index is -0.119. The van der Waals surface area contributed by atoms with E-state index in [-0.39, 0.29) is 11.8 Å². The first kappa shape index (κ1) is 20.5. The topological polar surface area (TPSA) is 58.2 Å². The summed E-state index contributed by atoms with van der Waals surface area (Å²) in [5, 5.41) is 6.07. The van der Waals surface area contributed by atoms with E-state index in [0.717, 1.165) is 23.4 Å². The molecule has 2 aromatic rings. The third kappa shape index (κ3) is 6.13. The maximum Gasteiger partial charge on any atom is 0.255 e. The number of hydrogen-bond donors (Lipinski definition) is 2. The summed E-state index contributed by atoms with van der Waals surface area (Å²) in [4.78, 5) is 24.5. The van der Waals surface area contributed by atoms with Gasteiger partial charge in [0.05, 0.1) is 5.75 Å². The third-order valence-electron chi connectivity index (χ3n) is 5.21. The summed E-state index contributed by atoms with van der Waals surface area (Å²) in [6.07, 6.45) is 4.81. The minimum absolute atomic E-state index is 0.119. The minimum Gasteiger partial charge on any atom is -0.352 e. The standard InChI is InChI=1S/C23H28N2O2S/c1-17-7-5-6-10-21(17)25-22(26)16-28-15-18-11-13-19(14-12-18)23(27)24-20-8-3-2-4-9-20/h2-4,8-9,11-14,17,21H,5-7,10,15-16H2,1H3,(H,24,27)(H,25,26)/t17-,21-/m1/s1. The van der Waals surface area contributed by atoms with Crippen LogP contribution in [0.4, 0.5) is 5.69 Å². The van der Waals surface area contributed by atoms with E-state index >= 15 is 0 Å². The van der Waals surface area contributed by atoms with Crippen LogP contribution in [-0.4, -0.2) is 23.6 Å². The zero-order chi connectivity index (χ0) is 19.8. The first-order valence-corrected chi connectivity index (χ1v) is 11.1. The van der Waals surface area contributed by atoms with Crippen LogP contribution in [0.5, 0.6) is 0 Å². The van der Waals surface area contributed by atoms with Gasteiger partial charge in [0.2, 0.25) is 5.91 Å². The number of rotatable bonds is 7. The largest absolute Gasteiger partial charge is 0.352 e. The maximum absolute atomic E-state index is 12.3. The van der Waals surface area contributed by atoms with Gasteiger partial charge in [-0.3, -0.25) is 9.59 Å². The Balaban J connectivity index is 1.41. The lowest BCUT2D eigenvalue weighted by atomic mass is 9.86. The molecular weight excluding hydrogens is 368 g/mol. The van der Waals surface area contributed by atoms with Crippen LogP contribution in [-0.2, 0) is 10.5 Å². The predicted octanol–water partition coefficient (Wildman–Crippen LogP) is 4.87. The number of nitrogens with one attached hydrogen (secondary N) is 2. The Kier molecular flexibility index (Phi) is 7.54. The molecule has 0 spiro atoms. The summed E-state index contributed by atoms with van der Waals surface area (Å²) in [6.45, 7) is 2.23. The molecule has 5 heteroatoms. The Morgan fingerprint density at radius 2 is 1.71 bits per heavy atom. The van der Waals surface area contributed by atoms with Crippen LogP contribution in [0.25, 0.3) is 0 Å². The van der Waals surface area contributed by atoms with Crippen molar-refractivity contribution in [2.45, 2.75) is 44.4 Å². The van der Waals surface area contributed by atoms with Gasteiger partial charge in [-0.1, -0.05) is 50.1 Å². The molecule has 28 heavy (non-hydrogen) atoms. The van der Waals surface area contributed by atoms with Gasteiger partial charge in [-0.2, -0.15) is 0 Å². The Labute approximate surface area is 171 Å². The molecular formula is C23H28N2O2S. The zero-order valence-electron chi connectivity index (χ0n) is 16.3. The second kappa shape index (κ2) is 10.3. The molecule has 1 aliphatic rings. The molecule has 1 saturated carbocycles. The molecule has 0 unspecified atom stereocenters. The van der Waals surface area contributed by atoms with E-state index in [2.05, 4.69) is 17.6 Å². The van der Waals surface area contributed by atoms with Gasteiger partial charge in [-0.15, -0.1) is 11.8 Å². The molecule has 2 atom stereocenters. The highest BCUT2D eigenvalue weighted by Gasteiger charge is 2.22. The molecule has 0 aliphatic heterocycles. The molecule has 148 valence electrons. The molecule has 4 nitrogen and oxygen atoms in total. The van der Waals surface area contributed by atoms with Crippen molar-refractivity contribution in [3.63, 3.8) is 0 Å². The molecule has 1 aliphatic carbocycles. The zero-order valence-corrected chi connectivity index (χ0v) is 17.1. The molecule has 0 aromatic heterocycles. The van der Waals surface area contributed by atoms with E-state index in [1.807, 2.05) is 54.6 Å². The van der Waals surface area contributed by atoms with E-state index in [1.54, 1.807) is 11.8 Å². The van der Waals surface area contributed by atoms with Gasteiger partial charge in [-0.25, -0.2) is 0 Å². The Morgan fingerprint density at radius 3 is 2.43 bits per heavy atom. The smallest absolute Gasteiger partial charge is 0.255 e. The number of benzene rings is 2. The lowest BCUT2D eigenvalue weighted by Gasteiger charge is -2.29. The van der Waals surface area contributed by atoms with E-state index in [4.69, 9.17) is 0 Å². The fourth-order valence-electron chi connectivity index (χ4n) is 3.52. The summed E-state index contributed by atoms with van der Waals surface area (Å²) in [7, 11) is 0. The van der Waals surface area contributed by atoms with Crippen molar-refractivity contribution in [3.8, 4) is 0 Å². The molecule has 2 N–H and O–H groups in total. The molecule has 0 bridgehead atoms. The second-order valence-electron chi connectivity index (χ2n) is 7.45. The predicted molar refractivity (Wildman–Crippen MR) is 117 cm³/mol. The number of thioether (sulfide) groups is 1. The van der Waals surface area contributed by atoms with Crippen LogP contribution in [0.3, 0.4) is 0 Å². The molecule has 2 amide bonds. The van der Waals surface area contributed by atoms with Gasteiger partial charge in [0.25, 0.3) is 5.91 Å². The number of anilines is 1. The molecule has 0 heterocycles. The molecule has 0 radical (unpaired) electrons. The number of carbonyl (C=O) groups is 2. The monoisotopic (exact) mass is 396 g/mol. The van der Waals surface area contributed by atoms with Crippen molar-refractivity contribution >= 4 is 29.3 Å². The van der Waals surface area contributed by atoms with Gasteiger partial charge in [-0.05, 0) is 48.6 Å². The summed E-state index contributed by atoms with van der Waals surface area (Å²) in [5.74, 6) is 1.82. The SMILES string of the molecule is C[C@@H]1CCCC[C@H]1NC(=O)CSCc1ccc(C(=O)Nc2ccccc2)cc1. The first-order valence-electron chi connectivity index (χ1n) is 9.94. The summed E-state index contributed by atoms with van der Waals surface area (Å²) < 4.78 is 0. The van der Waals surface area contributed by atoms with Crippen molar-refractivity contribution in [2.24, 2.45) is 5.92 Å². The van der Waals surface area contributed by atoms with Crippen molar-refractivity contribution in [2.75, 3.05) is 11.1 Å². The third-order valence-corrected chi connectivity index (χ3v) is 6.21. The van der Waals surface area contributed by atoms with Crippen LogP contribution in [0.2, 0.25) is 0 Å². The fraction of sp³-hybridized carbons (Fsp3) is 0.391. The Morgan fingerprint density at radius 1 is 1.00 bits per heavy atom. The van der Waals surface area contributed by atoms with E-state index in [1.165, 1.54) is 19.3 Å². The molecule has 0 saturated heterocycles. The van der Waals surface area contributed by atoms with Crippen LogP contribution in [0, 0.1) is 5.92 Å². The van der Waals surface area contributed by atoms with Gasteiger partial charge in [0.1, 0.15) is 0 Å². The maximum atomic E-state index is 12.3. The fourth-order valence-corrected chi connectivity index (χ4v) is 4.32. The van der Waals surface area contributed by atoms with Gasteiger partial charge >= 0.3 is 0 Å². The van der Waals surface area contributed by atoms with E-state index in [0.29, 0.717) is 23.3 Å². The normalized spacial score (nSPS) is 19.0. The molecule has 2 aromatic carbocycles. The van der Waals surface area contributed by atoms with Crippen molar-refractivity contribution in [3.05, 3.63) is 65.7 Å². The number of hydrogen-bond acceptors (Lipinski definition) is 3. The van der Waals surface area contributed by atoms with E-state index in [9.17, 15) is 9.59 Å². The highest BCUT2D eigenvalue weighted by atomic mass is 32.2. The summed E-state index contributed by atoms with van der Waals surface area (Å²) in [6, 6.07) is 17.3. The van der Waals surface area contributed by atoms with Gasteiger partial charge < -0.3 is 10.6 Å². The quantitative estimate of drug-likeness (QED) is 0.702. The lowest BCUT2D eigenvalue weighted by Crippen LogP contribution is -2.41. The summed E-state index contributed by atoms with van der Waals surface area (Å²) >= 11 is 1.61. The highest BCUT2D eigenvalue weighted by molar-refractivity contribution is 7.99. The molecule has 3 rings (SSSR count). The average molecular weight is 397 g/mol. The van der Waals surface area contributed by atoms with Crippen LogP contribution >= 0.6 is 11.8 Å². The Bertz CT molecular complexity index is 777. The van der Waals surface area contributed by atoms with Crippen LogP contribution < -0.4 is 10.6 Å². The lowest BCUT2D eigenvalue weighted by molar-refractivity contribution is -0.119. The van der Waals surface area contributed by atoms with Crippen molar-refractivity contribution in [1.82, 2.24) is 5.32 Å². The average Bonchev–Trinajstić information content (AvgIpc) is 2.71. The van der Waals surface area contributed by atoms with E-state index < -0.39 is 0 Å². The number of amides is 2. The number of carbonyl (C=O) groups excluding carboxylic acids is 2.